The Balaban J connectivity index is 0.000000366. The number of hydrogen-bond acceptors (Lipinski definition) is 9. The third-order valence-electron chi connectivity index (χ3n) is 3.62. The van der Waals surface area contributed by atoms with Crippen LogP contribution in [0.2, 0.25) is 5.02 Å². The van der Waals surface area contributed by atoms with Gasteiger partial charge in [-0.2, -0.15) is 0 Å². The molecular weight excluding hydrogens is 472 g/mol. The van der Waals surface area contributed by atoms with Crippen molar-refractivity contribution in [2.75, 3.05) is 31.0 Å². The van der Waals surface area contributed by atoms with Gasteiger partial charge in [0.25, 0.3) is 10.0 Å². The molecule has 168 valence electrons. The second kappa shape index (κ2) is 11.7. The topological polar surface area (TPSA) is 159 Å². The van der Waals surface area contributed by atoms with Gasteiger partial charge in [0.2, 0.25) is 0 Å². The van der Waals surface area contributed by atoms with Gasteiger partial charge in [-0.3, -0.25) is 14.6 Å². The standard InChI is InChI=1S/C13H15ClN4O3S2.C4H4O4/c14-10-5-12(7-15-6-10)23(19,20)17-13-16-11(9-22-13)8-18-1-3-21-4-2-18;5-3(6)1-2-4(7)8/h5-7,9H,1-4,8H2,(H,16,17);1-2H,(H,5,6)(H,7,8)/b;2-1+. The Morgan fingerprint density at radius 3 is 2.45 bits per heavy atom. The van der Waals surface area contributed by atoms with Gasteiger partial charge < -0.3 is 14.9 Å². The third kappa shape index (κ3) is 8.98. The van der Waals surface area contributed by atoms with E-state index in [-0.39, 0.29) is 9.92 Å². The molecule has 0 spiro atoms. The molecule has 0 atom stereocenters. The lowest BCUT2D eigenvalue weighted by Crippen LogP contribution is -2.35. The van der Waals surface area contributed by atoms with E-state index in [4.69, 9.17) is 26.6 Å². The van der Waals surface area contributed by atoms with Gasteiger partial charge in [-0.25, -0.2) is 23.0 Å². The Labute approximate surface area is 187 Å². The second-order valence-corrected chi connectivity index (χ2v) is 8.96. The van der Waals surface area contributed by atoms with E-state index < -0.39 is 22.0 Å². The molecule has 0 radical (unpaired) electrons. The number of morpholine rings is 1. The number of sulfonamides is 1. The van der Waals surface area contributed by atoms with Crippen LogP contribution in [-0.2, 0) is 30.9 Å². The van der Waals surface area contributed by atoms with Crippen molar-refractivity contribution in [1.82, 2.24) is 14.9 Å². The van der Waals surface area contributed by atoms with Crippen LogP contribution in [0.25, 0.3) is 0 Å². The van der Waals surface area contributed by atoms with Crippen molar-refractivity contribution in [2.24, 2.45) is 0 Å². The largest absolute Gasteiger partial charge is 0.478 e. The fourth-order valence-corrected chi connectivity index (χ4v) is 4.45. The lowest BCUT2D eigenvalue weighted by molar-refractivity contribution is -0.134. The normalized spacial score (nSPS) is 14.6. The van der Waals surface area contributed by atoms with Crippen LogP contribution >= 0.6 is 22.9 Å². The predicted octanol–water partition coefficient (Wildman–Crippen LogP) is 1.54. The van der Waals surface area contributed by atoms with Gasteiger partial charge in [0.05, 0.1) is 23.9 Å². The number of pyridine rings is 1. The highest BCUT2D eigenvalue weighted by Crippen LogP contribution is 2.22. The Kier molecular flexibility index (Phi) is 9.33. The molecule has 1 saturated heterocycles. The zero-order valence-corrected chi connectivity index (χ0v) is 18.4. The molecule has 0 aliphatic carbocycles. The summed E-state index contributed by atoms with van der Waals surface area (Å²) in [6.07, 6.45) is 3.74. The number of thiazole rings is 1. The highest BCUT2D eigenvalue weighted by molar-refractivity contribution is 7.93. The van der Waals surface area contributed by atoms with E-state index >= 15 is 0 Å². The van der Waals surface area contributed by atoms with Crippen molar-refractivity contribution in [3.63, 3.8) is 0 Å². The summed E-state index contributed by atoms with van der Waals surface area (Å²) in [6, 6.07) is 1.35. The van der Waals surface area contributed by atoms with Crippen molar-refractivity contribution in [2.45, 2.75) is 11.4 Å². The fourth-order valence-electron chi connectivity index (χ4n) is 2.27. The van der Waals surface area contributed by atoms with Crippen LogP contribution in [-0.4, -0.2) is 71.7 Å². The molecular formula is C17H19ClN4O7S2. The minimum Gasteiger partial charge on any atom is -0.478 e. The van der Waals surface area contributed by atoms with Crippen LogP contribution < -0.4 is 4.72 Å². The summed E-state index contributed by atoms with van der Waals surface area (Å²) in [5.74, 6) is -2.51. The van der Waals surface area contributed by atoms with Crippen LogP contribution in [0.1, 0.15) is 5.69 Å². The summed E-state index contributed by atoms with van der Waals surface area (Å²) < 4.78 is 32.3. The molecule has 14 heteroatoms. The molecule has 11 nitrogen and oxygen atoms in total. The third-order valence-corrected chi connectivity index (χ3v) is 6.07. The first kappa shape index (κ1) is 24.7. The maximum atomic E-state index is 12.3. The maximum absolute atomic E-state index is 12.3. The molecule has 0 unspecified atom stereocenters. The van der Waals surface area contributed by atoms with Gasteiger partial charge in [-0.15, -0.1) is 11.3 Å². The van der Waals surface area contributed by atoms with Crippen LogP contribution in [0.3, 0.4) is 0 Å². The molecule has 0 bridgehead atoms. The number of carbonyl (C=O) groups is 2. The lowest BCUT2D eigenvalue weighted by Gasteiger charge is -2.25. The molecule has 3 heterocycles. The minimum atomic E-state index is -3.74. The van der Waals surface area contributed by atoms with Gasteiger partial charge in [0.15, 0.2) is 5.13 Å². The van der Waals surface area contributed by atoms with Crippen LogP contribution in [0, 0.1) is 0 Å². The van der Waals surface area contributed by atoms with Crippen LogP contribution in [0.15, 0.2) is 40.9 Å². The summed E-state index contributed by atoms with van der Waals surface area (Å²) in [7, 11) is -3.74. The van der Waals surface area contributed by atoms with Crippen molar-refractivity contribution >= 4 is 50.0 Å². The Hall–Kier alpha value is -2.58. The maximum Gasteiger partial charge on any atom is 0.328 e. The summed E-state index contributed by atoms with van der Waals surface area (Å²) >= 11 is 7.03. The van der Waals surface area contributed by atoms with Gasteiger partial charge >= 0.3 is 11.9 Å². The molecule has 3 N–H and O–H groups in total. The number of ether oxygens (including phenoxy) is 1. The number of halogens is 1. The number of aliphatic carboxylic acids is 2. The number of aromatic nitrogens is 2. The molecule has 0 aromatic carbocycles. The SMILES string of the molecule is O=C(O)/C=C/C(=O)O.O=S(=O)(Nc1nc(CN2CCOCC2)cs1)c1cncc(Cl)c1. The summed E-state index contributed by atoms with van der Waals surface area (Å²) in [5.41, 5.74) is 0.832. The summed E-state index contributed by atoms with van der Waals surface area (Å²) in [5, 5.41) is 18.1. The molecule has 1 fully saturated rings. The fraction of sp³-hybridized carbons (Fsp3) is 0.294. The number of carboxylic acid groups (broad SMARTS) is 2. The number of hydrogen-bond donors (Lipinski definition) is 3. The smallest absolute Gasteiger partial charge is 0.328 e. The Bertz CT molecular complexity index is 1020. The first-order valence-corrected chi connectivity index (χ1v) is 11.4. The molecule has 2 aromatic heterocycles. The average molecular weight is 491 g/mol. The number of nitrogens with one attached hydrogen (secondary N) is 1. The monoisotopic (exact) mass is 490 g/mol. The quantitative estimate of drug-likeness (QED) is 0.485. The number of rotatable bonds is 7. The average Bonchev–Trinajstić information content (AvgIpc) is 3.13. The highest BCUT2D eigenvalue weighted by atomic mass is 35.5. The molecule has 0 amide bonds. The first-order valence-electron chi connectivity index (χ1n) is 8.67. The van der Waals surface area contributed by atoms with E-state index in [0.29, 0.717) is 37.0 Å². The van der Waals surface area contributed by atoms with Crippen molar-refractivity contribution in [1.29, 1.82) is 0 Å². The Morgan fingerprint density at radius 2 is 1.87 bits per heavy atom. The van der Waals surface area contributed by atoms with Gasteiger partial charge in [0.1, 0.15) is 4.90 Å². The molecule has 1 aliphatic rings. The highest BCUT2D eigenvalue weighted by Gasteiger charge is 2.18. The molecule has 1 aliphatic heterocycles. The lowest BCUT2D eigenvalue weighted by atomic mass is 10.4. The van der Waals surface area contributed by atoms with Gasteiger partial charge in [-0.05, 0) is 6.07 Å². The zero-order valence-electron chi connectivity index (χ0n) is 16.0. The zero-order chi connectivity index (χ0) is 22.9. The van der Waals surface area contributed by atoms with Gasteiger partial charge in [0, 0.05) is 49.6 Å². The van der Waals surface area contributed by atoms with Crippen molar-refractivity contribution in [3.8, 4) is 0 Å². The predicted molar refractivity (Wildman–Crippen MR) is 113 cm³/mol. The van der Waals surface area contributed by atoms with E-state index in [1.165, 1.54) is 29.8 Å². The van der Waals surface area contributed by atoms with E-state index in [2.05, 4.69) is 19.6 Å². The van der Waals surface area contributed by atoms with Crippen molar-refractivity contribution < 1.29 is 33.0 Å². The molecule has 2 aromatic rings. The minimum absolute atomic E-state index is 0.00919. The molecule has 3 rings (SSSR count). The summed E-state index contributed by atoms with van der Waals surface area (Å²) in [4.78, 5) is 29.5. The number of carboxylic acids is 2. The van der Waals surface area contributed by atoms with Gasteiger partial charge in [-0.1, -0.05) is 11.6 Å². The van der Waals surface area contributed by atoms with E-state index in [0.717, 1.165) is 18.8 Å². The van der Waals surface area contributed by atoms with Crippen LogP contribution in [0.5, 0.6) is 0 Å². The van der Waals surface area contributed by atoms with E-state index in [1.54, 1.807) is 0 Å². The molecule has 31 heavy (non-hydrogen) atoms. The number of anilines is 1. The van der Waals surface area contributed by atoms with Crippen LogP contribution in [0.4, 0.5) is 5.13 Å². The summed E-state index contributed by atoms with van der Waals surface area (Å²) in [6.45, 7) is 3.82. The van der Waals surface area contributed by atoms with Crippen molar-refractivity contribution in [3.05, 3.63) is 46.7 Å². The first-order chi connectivity index (χ1) is 14.7. The number of nitrogens with zero attached hydrogens (tertiary/aromatic N) is 3. The van der Waals surface area contributed by atoms with E-state index in [1.807, 2.05) is 5.38 Å². The molecule has 0 saturated carbocycles. The second-order valence-electron chi connectivity index (χ2n) is 5.99. The van der Waals surface area contributed by atoms with E-state index in [9.17, 15) is 18.0 Å². The Morgan fingerprint density at radius 1 is 1.23 bits per heavy atom.